The van der Waals surface area contributed by atoms with E-state index in [9.17, 15) is 9.59 Å². The molecule has 0 radical (unpaired) electrons. The first-order chi connectivity index (χ1) is 8.82. The normalized spacial score (nSPS) is 11.1. The molecule has 1 heterocycles. The highest BCUT2D eigenvalue weighted by atomic mass is 32.1. The minimum atomic E-state index is -0.898. The van der Waals surface area contributed by atoms with Gasteiger partial charge >= 0.3 is 5.97 Å². The van der Waals surface area contributed by atoms with Gasteiger partial charge in [0, 0.05) is 18.5 Å². The quantitative estimate of drug-likeness (QED) is 0.871. The van der Waals surface area contributed by atoms with Crippen LogP contribution in [0.5, 0.6) is 0 Å². The van der Waals surface area contributed by atoms with Crippen LogP contribution in [0, 0.1) is 0 Å². The van der Waals surface area contributed by atoms with Gasteiger partial charge in [0.2, 0.25) is 0 Å². The number of carboxylic acid groups (broad SMARTS) is 1. The number of hydrogen-bond acceptors (Lipinski definition) is 4. The van der Waals surface area contributed by atoms with Crippen molar-refractivity contribution in [1.82, 2.24) is 9.88 Å². The molecule has 6 heteroatoms. The lowest BCUT2D eigenvalue weighted by atomic mass is 10.2. The first kappa shape index (κ1) is 15.6. The molecule has 0 saturated carbocycles. The summed E-state index contributed by atoms with van der Waals surface area (Å²) >= 11 is 1.38. The van der Waals surface area contributed by atoms with Gasteiger partial charge in [-0.15, -0.1) is 11.3 Å². The van der Waals surface area contributed by atoms with Gasteiger partial charge in [0.05, 0.1) is 17.6 Å². The minimum Gasteiger partial charge on any atom is -0.481 e. The van der Waals surface area contributed by atoms with Gasteiger partial charge in [0.15, 0.2) is 0 Å². The third-order valence-electron chi connectivity index (χ3n) is 2.68. The van der Waals surface area contributed by atoms with Crippen molar-refractivity contribution in [1.29, 1.82) is 0 Å². The number of aliphatic carboxylic acids is 1. The number of carboxylic acids is 1. The summed E-state index contributed by atoms with van der Waals surface area (Å²) in [5.41, 5.74) is 0. The van der Waals surface area contributed by atoms with Gasteiger partial charge in [-0.25, -0.2) is 4.98 Å². The largest absolute Gasteiger partial charge is 0.481 e. The van der Waals surface area contributed by atoms with E-state index in [1.54, 1.807) is 11.1 Å². The number of nitrogens with zero attached hydrogens (tertiary/aromatic N) is 2. The van der Waals surface area contributed by atoms with Crippen molar-refractivity contribution in [2.75, 3.05) is 6.54 Å². The molecule has 0 saturated heterocycles. The molecule has 106 valence electrons. The molecule has 0 aliphatic heterocycles. The number of amides is 1. The van der Waals surface area contributed by atoms with Crippen LogP contribution in [0.3, 0.4) is 0 Å². The van der Waals surface area contributed by atoms with Gasteiger partial charge in [-0.3, -0.25) is 9.59 Å². The molecule has 1 rings (SSSR count). The molecule has 1 N–H and O–H groups in total. The SMILES string of the molecule is CC(C)c1ncc(C(=O)N(CCC(=O)O)C(C)C)s1. The van der Waals surface area contributed by atoms with Gasteiger partial charge in [0.1, 0.15) is 4.88 Å². The maximum absolute atomic E-state index is 12.3. The van der Waals surface area contributed by atoms with E-state index in [1.807, 2.05) is 27.7 Å². The summed E-state index contributed by atoms with van der Waals surface area (Å²) < 4.78 is 0. The average Bonchev–Trinajstić information content (AvgIpc) is 2.77. The molecule has 5 nitrogen and oxygen atoms in total. The lowest BCUT2D eigenvalue weighted by molar-refractivity contribution is -0.137. The molecule has 0 atom stereocenters. The van der Waals surface area contributed by atoms with Crippen molar-refractivity contribution in [3.8, 4) is 0 Å². The van der Waals surface area contributed by atoms with Crippen LogP contribution in [0.2, 0.25) is 0 Å². The van der Waals surface area contributed by atoms with Crippen molar-refractivity contribution in [2.24, 2.45) is 0 Å². The van der Waals surface area contributed by atoms with Crippen LogP contribution in [0.4, 0.5) is 0 Å². The van der Waals surface area contributed by atoms with Crippen LogP contribution < -0.4 is 0 Å². The average molecular weight is 284 g/mol. The van der Waals surface area contributed by atoms with Gasteiger partial charge in [0.25, 0.3) is 5.91 Å². The minimum absolute atomic E-state index is 0.0311. The Kier molecular flexibility index (Phi) is 5.47. The van der Waals surface area contributed by atoms with Crippen molar-refractivity contribution in [3.63, 3.8) is 0 Å². The van der Waals surface area contributed by atoms with Gasteiger partial charge in [-0.1, -0.05) is 13.8 Å². The molecule has 0 aliphatic carbocycles. The Labute approximate surface area is 117 Å². The Morgan fingerprint density at radius 2 is 2.00 bits per heavy atom. The second-order valence-electron chi connectivity index (χ2n) is 4.95. The highest BCUT2D eigenvalue weighted by Gasteiger charge is 2.22. The van der Waals surface area contributed by atoms with E-state index in [-0.39, 0.29) is 30.8 Å². The molecule has 0 unspecified atom stereocenters. The molecular formula is C13H20N2O3S. The second kappa shape index (κ2) is 6.65. The summed E-state index contributed by atoms with van der Waals surface area (Å²) in [4.78, 5) is 29.3. The number of carbonyl (C=O) groups is 2. The molecule has 1 amide bonds. The standard InChI is InChI=1S/C13H20N2O3S/c1-8(2)12-14-7-10(19-12)13(18)15(9(3)4)6-5-11(16)17/h7-9H,5-6H2,1-4H3,(H,16,17). The molecule has 0 fully saturated rings. The number of hydrogen-bond donors (Lipinski definition) is 1. The fourth-order valence-electron chi connectivity index (χ4n) is 1.61. The zero-order valence-electron chi connectivity index (χ0n) is 11.7. The molecule has 0 spiro atoms. The summed E-state index contributed by atoms with van der Waals surface area (Å²) in [5, 5.41) is 9.65. The summed E-state index contributed by atoms with van der Waals surface area (Å²) in [7, 11) is 0. The van der Waals surface area contributed by atoms with Gasteiger partial charge in [-0.2, -0.15) is 0 Å². The number of thiazole rings is 1. The second-order valence-corrected chi connectivity index (χ2v) is 6.02. The van der Waals surface area contributed by atoms with E-state index in [2.05, 4.69) is 4.98 Å². The van der Waals surface area contributed by atoms with E-state index in [4.69, 9.17) is 5.11 Å². The zero-order chi connectivity index (χ0) is 14.6. The Hall–Kier alpha value is -1.43. The number of carbonyl (C=O) groups excluding carboxylic acids is 1. The maximum atomic E-state index is 12.3. The molecular weight excluding hydrogens is 264 g/mol. The van der Waals surface area contributed by atoms with Crippen LogP contribution >= 0.6 is 11.3 Å². The molecule has 1 aromatic heterocycles. The van der Waals surface area contributed by atoms with Gasteiger partial charge < -0.3 is 10.0 Å². The summed E-state index contributed by atoms with van der Waals surface area (Å²) in [6, 6.07) is -0.0311. The van der Waals surface area contributed by atoms with Crippen LogP contribution in [0.15, 0.2) is 6.20 Å². The molecule has 1 aromatic rings. The monoisotopic (exact) mass is 284 g/mol. The lowest BCUT2D eigenvalue weighted by Crippen LogP contribution is -2.38. The number of rotatable bonds is 6. The van der Waals surface area contributed by atoms with E-state index in [1.165, 1.54) is 11.3 Å². The van der Waals surface area contributed by atoms with E-state index in [0.717, 1.165) is 5.01 Å². The summed E-state index contributed by atoms with van der Waals surface area (Å²) in [6.07, 6.45) is 1.54. The van der Waals surface area contributed by atoms with Crippen molar-refractivity contribution < 1.29 is 14.7 Å². The first-order valence-electron chi connectivity index (χ1n) is 6.31. The molecule has 19 heavy (non-hydrogen) atoms. The molecule has 0 aliphatic rings. The Bertz CT molecular complexity index is 454. The predicted octanol–water partition coefficient (Wildman–Crippen LogP) is 2.59. The Morgan fingerprint density at radius 1 is 1.37 bits per heavy atom. The highest BCUT2D eigenvalue weighted by molar-refractivity contribution is 7.13. The third-order valence-corrected chi connectivity index (χ3v) is 3.96. The van der Waals surface area contributed by atoms with E-state index < -0.39 is 5.97 Å². The summed E-state index contributed by atoms with van der Waals surface area (Å²) in [6.45, 7) is 8.03. The lowest BCUT2D eigenvalue weighted by Gasteiger charge is -2.25. The smallest absolute Gasteiger partial charge is 0.305 e. The Morgan fingerprint density at radius 3 is 2.42 bits per heavy atom. The zero-order valence-corrected chi connectivity index (χ0v) is 12.5. The topological polar surface area (TPSA) is 70.5 Å². The van der Waals surface area contributed by atoms with Crippen LogP contribution in [0.1, 0.15) is 54.7 Å². The van der Waals surface area contributed by atoms with E-state index >= 15 is 0 Å². The number of aromatic nitrogens is 1. The fraction of sp³-hybridized carbons (Fsp3) is 0.615. The predicted molar refractivity (Wildman–Crippen MR) is 74.6 cm³/mol. The van der Waals surface area contributed by atoms with Crippen LogP contribution in [0.25, 0.3) is 0 Å². The summed E-state index contributed by atoms with van der Waals surface area (Å²) in [5.74, 6) is -0.746. The van der Waals surface area contributed by atoms with Crippen molar-refractivity contribution in [2.45, 2.75) is 46.1 Å². The van der Waals surface area contributed by atoms with Crippen LogP contribution in [-0.4, -0.2) is 39.5 Å². The highest BCUT2D eigenvalue weighted by Crippen LogP contribution is 2.22. The third kappa shape index (κ3) is 4.31. The molecule has 0 bridgehead atoms. The van der Waals surface area contributed by atoms with Gasteiger partial charge in [-0.05, 0) is 13.8 Å². The Balaban J connectivity index is 2.83. The fourth-order valence-corrected chi connectivity index (χ4v) is 2.48. The maximum Gasteiger partial charge on any atom is 0.305 e. The van der Waals surface area contributed by atoms with Crippen molar-refractivity contribution >= 4 is 23.2 Å². The first-order valence-corrected chi connectivity index (χ1v) is 7.13. The molecule has 0 aromatic carbocycles. The van der Waals surface area contributed by atoms with Crippen LogP contribution in [-0.2, 0) is 4.79 Å². The van der Waals surface area contributed by atoms with Crippen molar-refractivity contribution in [3.05, 3.63) is 16.1 Å². The van der Waals surface area contributed by atoms with E-state index in [0.29, 0.717) is 4.88 Å².